The third-order valence-corrected chi connectivity index (χ3v) is 3.92. The summed E-state index contributed by atoms with van der Waals surface area (Å²) in [6.45, 7) is -0.0677. The first-order valence-corrected chi connectivity index (χ1v) is 6.95. The molecule has 2 aromatic rings. The predicted octanol–water partition coefficient (Wildman–Crippen LogP) is 0.00750. The Hall–Kier alpha value is -2.38. The number of para-hydroxylation sites is 1. The SMILES string of the molecule is N[C@H](Cc1c[nH]c2ccccc12)C(=O)NC1(C(=O)O)COC1. The average Bonchev–Trinajstić information content (AvgIpc) is 2.85. The number of amides is 1. The van der Waals surface area contributed by atoms with Crippen LogP contribution >= 0.6 is 0 Å². The molecule has 0 unspecified atom stereocenters. The maximum Gasteiger partial charge on any atom is 0.334 e. The van der Waals surface area contributed by atoms with Gasteiger partial charge in [-0.2, -0.15) is 0 Å². The van der Waals surface area contributed by atoms with Gasteiger partial charge in [-0.05, 0) is 18.1 Å². The summed E-state index contributed by atoms with van der Waals surface area (Å²) < 4.78 is 4.90. The van der Waals surface area contributed by atoms with Crippen molar-refractivity contribution in [2.45, 2.75) is 18.0 Å². The van der Waals surface area contributed by atoms with Crippen LogP contribution in [-0.4, -0.2) is 46.8 Å². The minimum atomic E-state index is -1.34. The first-order valence-electron chi connectivity index (χ1n) is 6.95. The Kier molecular flexibility index (Phi) is 3.59. The molecule has 0 aliphatic carbocycles. The lowest BCUT2D eigenvalue weighted by molar-refractivity contribution is -0.169. The van der Waals surface area contributed by atoms with E-state index >= 15 is 0 Å². The second-order valence-electron chi connectivity index (χ2n) is 5.54. The van der Waals surface area contributed by atoms with Crippen LogP contribution in [0.1, 0.15) is 5.56 Å². The number of benzene rings is 1. The second kappa shape index (κ2) is 5.43. The Morgan fingerprint density at radius 3 is 2.77 bits per heavy atom. The lowest BCUT2D eigenvalue weighted by Crippen LogP contribution is -2.69. The lowest BCUT2D eigenvalue weighted by Gasteiger charge is -2.38. The molecule has 0 spiro atoms. The summed E-state index contributed by atoms with van der Waals surface area (Å²) in [5.74, 6) is -1.60. The largest absolute Gasteiger partial charge is 0.479 e. The zero-order valence-electron chi connectivity index (χ0n) is 11.8. The van der Waals surface area contributed by atoms with Gasteiger partial charge in [0.2, 0.25) is 5.91 Å². The number of aromatic nitrogens is 1. The maximum atomic E-state index is 12.2. The maximum absolute atomic E-state index is 12.2. The molecule has 1 amide bonds. The number of rotatable bonds is 5. The van der Waals surface area contributed by atoms with Gasteiger partial charge in [-0.15, -0.1) is 0 Å². The highest BCUT2D eigenvalue weighted by atomic mass is 16.5. The number of nitrogens with two attached hydrogens (primary N) is 1. The molecule has 0 saturated carbocycles. The number of carboxylic acid groups (broad SMARTS) is 1. The fourth-order valence-corrected chi connectivity index (χ4v) is 2.51. The highest BCUT2D eigenvalue weighted by Crippen LogP contribution is 2.20. The highest BCUT2D eigenvalue weighted by Gasteiger charge is 2.48. The number of aliphatic carboxylic acids is 1. The number of nitrogens with one attached hydrogen (secondary N) is 2. The standard InChI is InChI=1S/C15H17N3O4/c16-11(13(19)18-15(14(20)21)7-22-8-15)5-9-6-17-12-4-2-1-3-10(9)12/h1-4,6,11,17H,5,7-8,16H2,(H,18,19)(H,20,21)/t11-/m1/s1. The van der Waals surface area contributed by atoms with Gasteiger partial charge in [-0.3, -0.25) is 4.79 Å². The number of H-pyrrole nitrogens is 1. The lowest BCUT2D eigenvalue weighted by atomic mass is 9.96. The van der Waals surface area contributed by atoms with Gasteiger partial charge in [-0.25, -0.2) is 4.79 Å². The van der Waals surface area contributed by atoms with E-state index in [1.807, 2.05) is 30.5 Å². The number of ether oxygens (including phenoxy) is 1. The van der Waals surface area contributed by atoms with Crippen molar-refractivity contribution in [1.82, 2.24) is 10.3 Å². The van der Waals surface area contributed by atoms with Crippen molar-refractivity contribution >= 4 is 22.8 Å². The number of carbonyl (C=O) groups excluding carboxylic acids is 1. The summed E-state index contributed by atoms with van der Waals surface area (Å²) >= 11 is 0. The molecule has 1 saturated heterocycles. The molecule has 5 N–H and O–H groups in total. The van der Waals surface area contributed by atoms with E-state index in [1.165, 1.54) is 0 Å². The molecular weight excluding hydrogens is 286 g/mol. The summed E-state index contributed by atoms with van der Waals surface area (Å²) in [6, 6.07) is 6.90. The summed E-state index contributed by atoms with van der Waals surface area (Å²) in [6.07, 6.45) is 2.14. The minimum absolute atomic E-state index is 0.0339. The molecule has 7 nitrogen and oxygen atoms in total. The molecule has 22 heavy (non-hydrogen) atoms. The fourth-order valence-electron chi connectivity index (χ4n) is 2.51. The summed E-state index contributed by atoms with van der Waals surface area (Å²) in [5.41, 5.74) is 6.48. The van der Waals surface area contributed by atoms with Crippen LogP contribution in [0.15, 0.2) is 30.5 Å². The van der Waals surface area contributed by atoms with Crippen molar-refractivity contribution in [2.24, 2.45) is 5.73 Å². The van der Waals surface area contributed by atoms with Crippen LogP contribution in [0.4, 0.5) is 0 Å². The van der Waals surface area contributed by atoms with Crippen molar-refractivity contribution < 1.29 is 19.4 Å². The van der Waals surface area contributed by atoms with E-state index in [1.54, 1.807) is 0 Å². The van der Waals surface area contributed by atoms with Gasteiger partial charge in [0.05, 0.1) is 19.3 Å². The third kappa shape index (κ3) is 2.44. The zero-order chi connectivity index (χ0) is 15.7. The molecule has 0 radical (unpaired) electrons. The highest BCUT2D eigenvalue weighted by molar-refractivity contribution is 5.91. The molecule has 116 valence electrons. The number of hydrogen-bond donors (Lipinski definition) is 4. The Labute approximate surface area is 126 Å². The normalized spacial score (nSPS) is 17.7. The van der Waals surface area contributed by atoms with Gasteiger partial charge in [0, 0.05) is 17.1 Å². The van der Waals surface area contributed by atoms with E-state index < -0.39 is 23.5 Å². The molecule has 2 heterocycles. The van der Waals surface area contributed by atoms with E-state index in [4.69, 9.17) is 10.5 Å². The fraction of sp³-hybridized carbons (Fsp3) is 0.333. The van der Waals surface area contributed by atoms with Gasteiger partial charge in [0.25, 0.3) is 0 Å². The molecule has 3 rings (SSSR count). The molecule has 1 aliphatic rings. The number of fused-ring (bicyclic) bond motifs is 1. The van der Waals surface area contributed by atoms with Crippen molar-refractivity contribution in [1.29, 1.82) is 0 Å². The van der Waals surface area contributed by atoms with Crippen molar-refractivity contribution in [3.63, 3.8) is 0 Å². The van der Waals surface area contributed by atoms with Gasteiger partial charge < -0.3 is 25.9 Å². The summed E-state index contributed by atoms with van der Waals surface area (Å²) in [7, 11) is 0. The van der Waals surface area contributed by atoms with Gasteiger partial charge in [-0.1, -0.05) is 18.2 Å². The zero-order valence-corrected chi connectivity index (χ0v) is 11.8. The molecule has 0 bridgehead atoms. The second-order valence-corrected chi connectivity index (χ2v) is 5.54. The minimum Gasteiger partial charge on any atom is -0.479 e. The summed E-state index contributed by atoms with van der Waals surface area (Å²) in [5, 5.41) is 12.7. The van der Waals surface area contributed by atoms with E-state index in [0.29, 0.717) is 6.42 Å². The van der Waals surface area contributed by atoms with Crippen molar-refractivity contribution in [2.75, 3.05) is 13.2 Å². The quantitative estimate of drug-likeness (QED) is 0.620. The summed E-state index contributed by atoms with van der Waals surface area (Å²) in [4.78, 5) is 26.5. The van der Waals surface area contributed by atoms with Crippen LogP contribution in [0.25, 0.3) is 10.9 Å². The molecule has 1 aliphatic heterocycles. The average molecular weight is 303 g/mol. The topological polar surface area (TPSA) is 117 Å². The van der Waals surface area contributed by atoms with Crippen LogP contribution in [0.5, 0.6) is 0 Å². The number of carbonyl (C=O) groups is 2. The smallest absolute Gasteiger partial charge is 0.334 e. The van der Waals surface area contributed by atoms with Gasteiger partial charge in [0.1, 0.15) is 0 Å². The van der Waals surface area contributed by atoms with Crippen LogP contribution < -0.4 is 11.1 Å². The predicted molar refractivity (Wildman–Crippen MR) is 79.3 cm³/mol. The monoisotopic (exact) mass is 303 g/mol. The van der Waals surface area contributed by atoms with Crippen LogP contribution in [0.2, 0.25) is 0 Å². The first-order chi connectivity index (χ1) is 10.5. The third-order valence-electron chi connectivity index (χ3n) is 3.92. The van der Waals surface area contributed by atoms with Gasteiger partial charge in [0.15, 0.2) is 5.54 Å². The molecular formula is C15H17N3O4. The Morgan fingerprint density at radius 1 is 1.41 bits per heavy atom. The van der Waals surface area contributed by atoms with Crippen molar-refractivity contribution in [3.8, 4) is 0 Å². The number of hydrogen-bond acceptors (Lipinski definition) is 4. The molecule has 1 fully saturated rings. The Morgan fingerprint density at radius 2 is 2.14 bits per heavy atom. The molecule has 7 heteroatoms. The van der Waals surface area contributed by atoms with Gasteiger partial charge >= 0.3 is 5.97 Å². The van der Waals surface area contributed by atoms with E-state index in [9.17, 15) is 14.7 Å². The Bertz CT molecular complexity index is 720. The molecule has 1 atom stereocenters. The van der Waals surface area contributed by atoms with Crippen molar-refractivity contribution in [3.05, 3.63) is 36.0 Å². The molecule has 1 aromatic carbocycles. The van der Waals surface area contributed by atoms with E-state index in [-0.39, 0.29) is 13.2 Å². The van der Waals surface area contributed by atoms with E-state index in [2.05, 4.69) is 10.3 Å². The number of aromatic amines is 1. The van der Waals surface area contributed by atoms with Crippen LogP contribution in [-0.2, 0) is 20.7 Å². The Balaban J connectivity index is 1.70. The van der Waals surface area contributed by atoms with Crippen LogP contribution in [0, 0.1) is 0 Å². The first kappa shape index (κ1) is 14.6. The van der Waals surface area contributed by atoms with E-state index in [0.717, 1.165) is 16.5 Å². The number of carboxylic acids is 1. The molecule has 1 aromatic heterocycles. The van der Waals surface area contributed by atoms with Crippen LogP contribution in [0.3, 0.4) is 0 Å².